The highest BCUT2D eigenvalue weighted by Gasteiger charge is 2.26. The summed E-state index contributed by atoms with van der Waals surface area (Å²) in [6, 6.07) is 17.1. The molecule has 1 fully saturated rings. The van der Waals surface area contributed by atoms with Crippen molar-refractivity contribution in [1.82, 2.24) is 14.9 Å². The van der Waals surface area contributed by atoms with E-state index < -0.39 is 0 Å². The largest absolute Gasteiger partial charge is 0.477 e. The Bertz CT molecular complexity index is 1050. The third-order valence-electron chi connectivity index (χ3n) is 5.19. The van der Waals surface area contributed by atoms with Gasteiger partial charge in [0.15, 0.2) is 0 Å². The van der Waals surface area contributed by atoms with Crippen LogP contribution >= 0.6 is 0 Å². The van der Waals surface area contributed by atoms with Crippen molar-refractivity contribution in [2.24, 2.45) is 5.92 Å². The summed E-state index contributed by atoms with van der Waals surface area (Å²) in [4.78, 5) is 22.0. The van der Waals surface area contributed by atoms with Crippen molar-refractivity contribution < 1.29 is 14.3 Å². The van der Waals surface area contributed by atoms with Crippen LogP contribution in [0, 0.1) is 5.92 Å². The first-order chi connectivity index (χ1) is 15.1. The van der Waals surface area contributed by atoms with Gasteiger partial charge in [-0.25, -0.2) is 9.97 Å². The maximum atomic E-state index is 11.8. The molecule has 2 aromatic carbocycles. The lowest BCUT2D eigenvalue weighted by atomic mass is 10.1. The van der Waals surface area contributed by atoms with Crippen LogP contribution in [0.1, 0.15) is 6.42 Å². The summed E-state index contributed by atoms with van der Waals surface area (Å²) in [7, 11) is 0. The molecule has 31 heavy (non-hydrogen) atoms. The van der Waals surface area contributed by atoms with Crippen molar-refractivity contribution >= 4 is 11.7 Å². The molecule has 158 valence electrons. The number of carbonyl (C=O) groups excluding carboxylic acids is 1. The van der Waals surface area contributed by atoms with Crippen LogP contribution in [0.5, 0.6) is 17.4 Å². The summed E-state index contributed by atoms with van der Waals surface area (Å²) in [5, 5.41) is 0. The van der Waals surface area contributed by atoms with Crippen molar-refractivity contribution in [3.63, 3.8) is 0 Å². The minimum Gasteiger partial charge on any atom is -0.477 e. The number of aromatic nitrogens is 2. The number of carbonyl (C=O) groups is 1. The standard InChI is InChI=1S/C24H24N4O3/c1-2-21(29)28-13-12-17(14-28)15-30-24-22(23(25)26-16-27-24)18-8-10-20(11-9-18)31-19-6-4-3-5-7-19/h2-11,16-17H,1,12-15H2,(H2,25,26,27). The van der Waals surface area contributed by atoms with Crippen LogP contribution in [-0.2, 0) is 4.79 Å². The Morgan fingerprint density at radius 1 is 1.13 bits per heavy atom. The number of nitrogens with zero attached hydrogens (tertiary/aromatic N) is 3. The van der Waals surface area contributed by atoms with E-state index in [-0.39, 0.29) is 11.8 Å². The third kappa shape index (κ3) is 4.83. The Balaban J connectivity index is 1.46. The van der Waals surface area contributed by atoms with E-state index in [9.17, 15) is 4.79 Å². The van der Waals surface area contributed by atoms with Crippen molar-refractivity contribution in [2.75, 3.05) is 25.4 Å². The molecule has 2 heterocycles. The Morgan fingerprint density at radius 2 is 1.87 bits per heavy atom. The highest BCUT2D eigenvalue weighted by Crippen LogP contribution is 2.34. The van der Waals surface area contributed by atoms with Gasteiger partial charge in [0, 0.05) is 19.0 Å². The molecule has 1 unspecified atom stereocenters. The number of ether oxygens (including phenoxy) is 2. The first-order valence-corrected chi connectivity index (χ1v) is 10.1. The molecule has 7 nitrogen and oxygen atoms in total. The third-order valence-corrected chi connectivity index (χ3v) is 5.19. The Hall–Kier alpha value is -3.87. The van der Waals surface area contributed by atoms with Gasteiger partial charge in [-0.2, -0.15) is 0 Å². The molecule has 1 atom stereocenters. The molecule has 0 spiro atoms. The first kappa shape index (κ1) is 20.4. The quantitative estimate of drug-likeness (QED) is 0.587. The number of hydrogen-bond acceptors (Lipinski definition) is 6. The van der Waals surface area contributed by atoms with Crippen LogP contribution in [0.2, 0.25) is 0 Å². The molecule has 1 aliphatic heterocycles. The number of nitrogens with two attached hydrogens (primary N) is 1. The van der Waals surface area contributed by atoms with E-state index in [0.29, 0.717) is 42.7 Å². The molecule has 1 aliphatic rings. The SMILES string of the molecule is C=CC(=O)N1CCC(COc2ncnc(N)c2-c2ccc(Oc3ccccc3)cc2)C1. The predicted molar refractivity (Wildman–Crippen MR) is 119 cm³/mol. The highest BCUT2D eigenvalue weighted by molar-refractivity contribution is 5.87. The molecule has 4 rings (SSSR count). The van der Waals surface area contributed by atoms with E-state index >= 15 is 0 Å². The number of hydrogen-bond donors (Lipinski definition) is 1. The first-order valence-electron chi connectivity index (χ1n) is 10.1. The van der Waals surface area contributed by atoms with Gasteiger partial charge >= 0.3 is 0 Å². The van der Waals surface area contributed by atoms with E-state index in [0.717, 1.165) is 17.7 Å². The van der Waals surface area contributed by atoms with Crippen LogP contribution < -0.4 is 15.2 Å². The minimum atomic E-state index is -0.0488. The molecule has 1 saturated heterocycles. The second kappa shape index (κ2) is 9.30. The van der Waals surface area contributed by atoms with Crippen LogP contribution in [0.15, 0.2) is 73.6 Å². The topological polar surface area (TPSA) is 90.6 Å². The molecule has 0 bridgehead atoms. The average molecular weight is 416 g/mol. The number of rotatable bonds is 7. The molecule has 3 aromatic rings. The van der Waals surface area contributed by atoms with Crippen molar-refractivity contribution in [3.8, 4) is 28.5 Å². The lowest BCUT2D eigenvalue weighted by molar-refractivity contribution is -0.125. The second-order valence-corrected chi connectivity index (χ2v) is 7.33. The fourth-order valence-corrected chi connectivity index (χ4v) is 3.57. The maximum Gasteiger partial charge on any atom is 0.245 e. The van der Waals surface area contributed by atoms with Crippen LogP contribution in [0.3, 0.4) is 0 Å². The number of likely N-dealkylation sites (tertiary alicyclic amines) is 1. The summed E-state index contributed by atoms with van der Waals surface area (Å²) in [6.07, 6.45) is 3.61. The van der Waals surface area contributed by atoms with Crippen LogP contribution in [0.4, 0.5) is 5.82 Å². The van der Waals surface area contributed by atoms with E-state index in [1.165, 1.54) is 12.4 Å². The number of amides is 1. The van der Waals surface area contributed by atoms with Crippen LogP contribution in [0.25, 0.3) is 11.1 Å². The molecule has 1 aromatic heterocycles. The zero-order chi connectivity index (χ0) is 21.6. The van der Waals surface area contributed by atoms with Gasteiger partial charge in [0.2, 0.25) is 11.8 Å². The highest BCUT2D eigenvalue weighted by atomic mass is 16.5. The minimum absolute atomic E-state index is 0.0488. The van der Waals surface area contributed by atoms with Gasteiger partial charge < -0.3 is 20.1 Å². The Morgan fingerprint density at radius 3 is 2.61 bits per heavy atom. The Labute approximate surface area is 181 Å². The van der Waals surface area contributed by atoms with E-state index in [1.807, 2.05) is 54.6 Å². The Kier molecular flexibility index (Phi) is 6.12. The molecular formula is C24H24N4O3. The molecule has 0 aliphatic carbocycles. The van der Waals surface area contributed by atoms with Crippen molar-refractivity contribution in [1.29, 1.82) is 0 Å². The van der Waals surface area contributed by atoms with Gasteiger partial charge in [-0.15, -0.1) is 0 Å². The van der Waals surface area contributed by atoms with Crippen molar-refractivity contribution in [2.45, 2.75) is 6.42 Å². The molecule has 1 amide bonds. The van der Waals surface area contributed by atoms with Gasteiger partial charge in [0.25, 0.3) is 0 Å². The monoisotopic (exact) mass is 416 g/mol. The van der Waals surface area contributed by atoms with E-state index in [4.69, 9.17) is 15.2 Å². The second-order valence-electron chi connectivity index (χ2n) is 7.33. The summed E-state index contributed by atoms with van der Waals surface area (Å²) in [5.74, 6) is 2.43. The molecule has 0 saturated carbocycles. The molecule has 2 N–H and O–H groups in total. The van der Waals surface area contributed by atoms with E-state index in [1.54, 1.807) is 4.90 Å². The van der Waals surface area contributed by atoms with E-state index in [2.05, 4.69) is 16.5 Å². The summed E-state index contributed by atoms with van der Waals surface area (Å²) in [5.41, 5.74) is 7.63. The number of anilines is 1. The lowest BCUT2D eigenvalue weighted by Crippen LogP contribution is -2.27. The summed E-state index contributed by atoms with van der Waals surface area (Å²) < 4.78 is 11.9. The zero-order valence-corrected chi connectivity index (χ0v) is 17.1. The number of para-hydroxylation sites is 1. The van der Waals surface area contributed by atoms with Crippen molar-refractivity contribution in [3.05, 3.63) is 73.6 Å². The normalized spacial score (nSPS) is 15.5. The lowest BCUT2D eigenvalue weighted by Gasteiger charge is -2.16. The van der Waals surface area contributed by atoms with Gasteiger partial charge in [0.1, 0.15) is 23.6 Å². The maximum absolute atomic E-state index is 11.8. The predicted octanol–water partition coefficient (Wildman–Crippen LogP) is 3.93. The smallest absolute Gasteiger partial charge is 0.245 e. The number of benzene rings is 2. The fraction of sp³-hybridized carbons (Fsp3) is 0.208. The van der Waals surface area contributed by atoms with Gasteiger partial charge in [-0.05, 0) is 42.3 Å². The van der Waals surface area contributed by atoms with Gasteiger partial charge in [-0.3, -0.25) is 4.79 Å². The zero-order valence-electron chi connectivity index (χ0n) is 17.1. The summed E-state index contributed by atoms with van der Waals surface area (Å²) in [6.45, 7) is 5.34. The van der Waals surface area contributed by atoms with Gasteiger partial charge in [0.05, 0.1) is 12.2 Å². The molecule has 0 radical (unpaired) electrons. The number of nitrogen functional groups attached to an aromatic ring is 1. The molecular weight excluding hydrogens is 392 g/mol. The van der Waals surface area contributed by atoms with Gasteiger partial charge in [-0.1, -0.05) is 36.9 Å². The summed E-state index contributed by atoms with van der Waals surface area (Å²) >= 11 is 0. The van der Waals surface area contributed by atoms with Crippen LogP contribution in [-0.4, -0.2) is 40.5 Å². The fourth-order valence-electron chi connectivity index (χ4n) is 3.57. The molecule has 7 heteroatoms. The average Bonchev–Trinajstić information content (AvgIpc) is 3.28.